The number of piperidine rings is 1. The molecule has 1 atom stereocenters. The van der Waals surface area contributed by atoms with Crippen LogP contribution in [0.3, 0.4) is 0 Å². The monoisotopic (exact) mass is 411 g/mol. The van der Waals surface area contributed by atoms with Gasteiger partial charge in [-0.2, -0.15) is 0 Å². The third-order valence-electron chi connectivity index (χ3n) is 5.17. The average Bonchev–Trinajstić information content (AvgIpc) is 3.22. The van der Waals surface area contributed by atoms with E-state index in [9.17, 15) is 9.59 Å². The number of carbonyl (C=O) groups is 2. The Labute approximate surface area is 176 Å². The van der Waals surface area contributed by atoms with E-state index in [0.29, 0.717) is 18.9 Å². The maximum atomic E-state index is 12.6. The van der Waals surface area contributed by atoms with Crippen molar-refractivity contribution in [3.63, 3.8) is 0 Å². The molecule has 5 nitrogen and oxygen atoms in total. The molecule has 1 aliphatic heterocycles. The van der Waals surface area contributed by atoms with Gasteiger partial charge in [-0.15, -0.1) is 11.3 Å². The molecule has 1 unspecified atom stereocenters. The van der Waals surface area contributed by atoms with Gasteiger partial charge in [-0.05, 0) is 31.4 Å². The number of carbonyl (C=O) groups excluding carboxylic acids is 2. The molecule has 1 aromatic carbocycles. The number of thiazole rings is 1. The van der Waals surface area contributed by atoms with Crippen molar-refractivity contribution in [2.45, 2.75) is 45.4 Å². The zero-order chi connectivity index (χ0) is 20.6. The fourth-order valence-corrected chi connectivity index (χ4v) is 4.39. The van der Waals surface area contributed by atoms with Crippen LogP contribution in [0.1, 0.15) is 53.9 Å². The molecular formula is C23H29N3O2S. The normalized spacial score (nSPS) is 16.9. The van der Waals surface area contributed by atoms with Crippen molar-refractivity contribution in [1.82, 2.24) is 15.2 Å². The summed E-state index contributed by atoms with van der Waals surface area (Å²) < 4.78 is 0. The van der Waals surface area contributed by atoms with E-state index in [1.165, 1.54) is 5.56 Å². The number of aryl methyl sites for hydroxylation is 1. The summed E-state index contributed by atoms with van der Waals surface area (Å²) in [4.78, 5) is 30.7. The van der Waals surface area contributed by atoms with Gasteiger partial charge < -0.3 is 10.2 Å². The topological polar surface area (TPSA) is 62.3 Å². The summed E-state index contributed by atoms with van der Waals surface area (Å²) in [6.45, 7) is 6.04. The van der Waals surface area contributed by atoms with Crippen LogP contribution in [0.4, 0.5) is 0 Å². The second-order valence-corrected chi connectivity index (χ2v) is 8.39. The van der Waals surface area contributed by atoms with Gasteiger partial charge in [0.2, 0.25) is 11.8 Å². The van der Waals surface area contributed by atoms with Crippen LogP contribution in [-0.4, -0.2) is 41.3 Å². The van der Waals surface area contributed by atoms with Crippen molar-refractivity contribution in [3.05, 3.63) is 57.6 Å². The van der Waals surface area contributed by atoms with Gasteiger partial charge in [0, 0.05) is 49.8 Å². The van der Waals surface area contributed by atoms with Crippen LogP contribution in [0.25, 0.3) is 6.08 Å². The van der Waals surface area contributed by atoms with Crippen LogP contribution in [0.5, 0.6) is 0 Å². The summed E-state index contributed by atoms with van der Waals surface area (Å²) in [6.07, 6.45) is 6.87. The molecule has 1 N–H and O–H groups in total. The van der Waals surface area contributed by atoms with E-state index in [4.69, 9.17) is 4.98 Å². The Kier molecular flexibility index (Phi) is 7.58. The van der Waals surface area contributed by atoms with Crippen molar-refractivity contribution < 1.29 is 9.59 Å². The summed E-state index contributed by atoms with van der Waals surface area (Å²) in [5, 5.41) is 6.06. The second kappa shape index (κ2) is 10.3. The molecule has 2 amide bonds. The fourth-order valence-electron chi connectivity index (χ4n) is 3.41. The number of likely N-dealkylation sites (tertiary alicyclic amines) is 1. The lowest BCUT2D eigenvalue weighted by Crippen LogP contribution is -2.38. The van der Waals surface area contributed by atoms with Gasteiger partial charge in [0.1, 0.15) is 0 Å². The number of nitrogens with zero attached hydrogens (tertiary/aromatic N) is 2. The summed E-state index contributed by atoms with van der Waals surface area (Å²) in [5.41, 5.74) is 3.27. The maximum absolute atomic E-state index is 12.6. The minimum Gasteiger partial charge on any atom is -0.356 e. The van der Waals surface area contributed by atoms with Crippen LogP contribution in [-0.2, 0) is 16.0 Å². The molecule has 0 aliphatic carbocycles. The number of rotatable bonds is 7. The minimum absolute atomic E-state index is 0.0642. The molecule has 29 heavy (non-hydrogen) atoms. The summed E-state index contributed by atoms with van der Waals surface area (Å²) >= 11 is 1.67. The molecule has 0 bridgehead atoms. The van der Waals surface area contributed by atoms with Gasteiger partial charge in [0.25, 0.3) is 0 Å². The Morgan fingerprint density at radius 2 is 2.10 bits per heavy atom. The lowest BCUT2D eigenvalue weighted by Gasteiger charge is -2.31. The van der Waals surface area contributed by atoms with Crippen molar-refractivity contribution in [3.8, 4) is 0 Å². The Morgan fingerprint density at radius 1 is 1.31 bits per heavy atom. The maximum Gasteiger partial charge on any atom is 0.246 e. The molecule has 1 aliphatic rings. The molecule has 1 saturated heterocycles. The Morgan fingerprint density at radius 3 is 2.86 bits per heavy atom. The highest BCUT2D eigenvalue weighted by Crippen LogP contribution is 2.29. The molecule has 6 heteroatoms. The van der Waals surface area contributed by atoms with E-state index in [2.05, 4.69) is 29.8 Å². The number of amides is 2. The SMILES string of the molecule is CCC(=O)NCCc1csc(C2CCCN(C(=O)/C=C/c3ccc(C)cc3)C2)n1. The standard InChI is InChI=1S/C23H29N3O2S/c1-3-21(27)24-13-12-20-16-29-23(25-20)19-5-4-14-26(15-19)22(28)11-10-18-8-6-17(2)7-9-18/h6-11,16,19H,3-5,12-15H2,1-2H3,(H,24,27)/b11-10+. The van der Waals surface area contributed by atoms with Crippen LogP contribution < -0.4 is 5.32 Å². The smallest absolute Gasteiger partial charge is 0.246 e. The molecule has 1 aromatic heterocycles. The van der Waals surface area contributed by atoms with Crippen LogP contribution in [0.2, 0.25) is 0 Å². The molecule has 2 aromatic rings. The van der Waals surface area contributed by atoms with Crippen LogP contribution in [0, 0.1) is 6.92 Å². The van der Waals surface area contributed by atoms with Crippen LogP contribution >= 0.6 is 11.3 Å². The number of nitrogens with one attached hydrogen (secondary N) is 1. The number of benzene rings is 1. The van der Waals surface area contributed by atoms with E-state index in [1.54, 1.807) is 17.4 Å². The number of aromatic nitrogens is 1. The first kappa shape index (κ1) is 21.2. The van der Waals surface area contributed by atoms with Crippen molar-refractivity contribution >= 4 is 29.2 Å². The highest BCUT2D eigenvalue weighted by atomic mass is 32.1. The van der Waals surface area contributed by atoms with Gasteiger partial charge in [-0.3, -0.25) is 9.59 Å². The largest absolute Gasteiger partial charge is 0.356 e. The van der Waals surface area contributed by atoms with Gasteiger partial charge in [0.15, 0.2) is 0 Å². The Bertz CT molecular complexity index is 857. The zero-order valence-corrected chi connectivity index (χ0v) is 18.0. The lowest BCUT2D eigenvalue weighted by atomic mass is 9.98. The molecule has 3 rings (SSSR count). The quantitative estimate of drug-likeness (QED) is 0.702. The molecule has 0 spiro atoms. The summed E-state index contributed by atoms with van der Waals surface area (Å²) in [6, 6.07) is 8.15. The van der Waals surface area contributed by atoms with Crippen LogP contribution in [0.15, 0.2) is 35.7 Å². The second-order valence-electron chi connectivity index (χ2n) is 7.50. The zero-order valence-electron chi connectivity index (χ0n) is 17.2. The molecule has 0 radical (unpaired) electrons. The van der Waals surface area contributed by atoms with Gasteiger partial charge in [0.05, 0.1) is 10.7 Å². The third-order valence-corrected chi connectivity index (χ3v) is 6.23. The number of hydrogen-bond donors (Lipinski definition) is 1. The molecule has 154 valence electrons. The molecular weight excluding hydrogens is 382 g/mol. The van der Waals surface area contributed by atoms with Crippen molar-refractivity contribution in [2.24, 2.45) is 0 Å². The molecule has 2 heterocycles. The predicted molar refractivity (Wildman–Crippen MR) is 118 cm³/mol. The first-order chi connectivity index (χ1) is 14.0. The highest BCUT2D eigenvalue weighted by Gasteiger charge is 2.25. The van der Waals surface area contributed by atoms with Crippen molar-refractivity contribution in [2.75, 3.05) is 19.6 Å². The number of hydrogen-bond acceptors (Lipinski definition) is 4. The van der Waals surface area contributed by atoms with E-state index in [0.717, 1.165) is 48.6 Å². The predicted octanol–water partition coefficient (Wildman–Crippen LogP) is 3.94. The van der Waals surface area contributed by atoms with E-state index in [1.807, 2.05) is 30.0 Å². The molecule has 1 fully saturated rings. The average molecular weight is 412 g/mol. The first-order valence-corrected chi connectivity index (χ1v) is 11.2. The third kappa shape index (κ3) is 6.26. The first-order valence-electron chi connectivity index (χ1n) is 10.3. The van der Waals surface area contributed by atoms with Gasteiger partial charge in [-0.1, -0.05) is 36.8 Å². The van der Waals surface area contributed by atoms with E-state index >= 15 is 0 Å². The van der Waals surface area contributed by atoms with Gasteiger partial charge in [-0.25, -0.2) is 4.98 Å². The molecule has 0 saturated carbocycles. The minimum atomic E-state index is 0.0642. The summed E-state index contributed by atoms with van der Waals surface area (Å²) in [7, 11) is 0. The Balaban J connectivity index is 1.54. The van der Waals surface area contributed by atoms with Crippen molar-refractivity contribution in [1.29, 1.82) is 0 Å². The fraction of sp³-hybridized carbons (Fsp3) is 0.435. The Hall–Kier alpha value is -2.47. The highest BCUT2D eigenvalue weighted by molar-refractivity contribution is 7.09. The van der Waals surface area contributed by atoms with Gasteiger partial charge >= 0.3 is 0 Å². The lowest BCUT2D eigenvalue weighted by molar-refractivity contribution is -0.127. The van der Waals surface area contributed by atoms with E-state index in [-0.39, 0.29) is 11.8 Å². The summed E-state index contributed by atoms with van der Waals surface area (Å²) in [5.74, 6) is 0.430. The van der Waals surface area contributed by atoms with E-state index < -0.39 is 0 Å².